The molecule has 0 saturated carbocycles. The van der Waals surface area contributed by atoms with Gasteiger partial charge in [0.05, 0.1) is 0 Å². The minimum Gasteiger partial charge on any atom is -0.388 e. The van der Waals surface area contributed by atoms with Crippen molar-refractivity contribution in [2.75, 3.05) is 25.5 Å². The average Bonchev–Trinajstić information content (AvgIpc) is 2.57. The molecule has 2 aromatic rings. The van der Waals surface area contributed by atoms with Gasteiger partial charge in [-0.3, -0.25) is 0 Å². The third-order valence-corrected chi connectivity index (χ3v) is 4.52. The predicted molar refractivity (Wildman–Crippen MR) is 102 cm³/mol. The van der Waals surface area contributed by atoms with Crippen molar-refractivity contribution < 1.29 is 0 Å². The van der Waals surface area contributed by atoms with Gasteiger partial charge in [0.25, 0.3) is 0 Å². The largest absolute Gasteiger partial charge is 0.388 e. The summed E-state index contributed by atoms with van der Waals surface area (Å²) < 4.78 is 0. The van der Waals surface area contributed by atoms with Crippen LogP contribution < -0.4 is 10.6 Å². The minimum atomic E-state index is 0.875. The average molecular weight is 331 g/mol. The van der Waals surface area contributed by atoms with E-state index in [1.807, 2.05) is 14.0 Å². The number of benzene rings is 2. The maximum atomic E-state index is 6.15. The zero-order valence-corrected chi connectivity index (χ0v) is 14.9. The second kappa shape index (κ2) is 9.59. The fourth-order valence-corrected chi connectivity index (χ4v) is 2.79. The smallest absolute Gasteiger partial charge is 0.0437 e. The van der Waals surface area contributed by atoms with Gasteiger partial charge in [0.2, 0.25) is 0 Å². The molecular weight excluding hydrogens is 304 g/mol. The van der Waals surface area contributed by atoms with Gasteiger partial charge < -0.3 is 10.6 Å². The molecule has 2 nitrogen and oxygen atoms in total. The Morgan fingerprint density at radius 3 is 2.09 bits per heavy atom. The minimum absolute atomic E-state index is 0.875. The lowest BCUT2D eigenvalue weighted by molar-refractivity contribution is 0.622. The molecule has 0 amide bonds. The van der Waals surface area contributed by atoms with Crippen molar-refractivity contribution in [3.05, 3.63) is 64.2 Å². The number of rotatable bonds is 9. The third kappa shape index (κ3) is 6.25. The molecule has 0 aliphatic carbocycles. The molecule has 0 aromatic heterocycles. The zero-order chi connectivity index (χ0) is 16.5. The van der Waals surface area contributed by atoms with Crippen molar-refractivity contribution in [3.8, 4) is 0 Å². The van der Waals surface area contributed by atoms with Crippen LogP contribution in [0, 0.1) is 6.92 Å². The molecule has 2 aromatic carbocycles. The lowest BCUT2D eigenvalue weighted by atomic mass is 10.1. The predicted octanol–water partition coefficient (Wildman–Crippen LogP) is 4.85. The summed E-state index contributed by atoms with van der Waals surface area (Å²) in [6.45, 7) is 4.17. The quantitative estimate of drug-likeness (QED) is 0.642. The van der Waals surface area contributed by atoms with Crippen LogP contribution in [0.1, 0.15) is 29.5 Å². The van der Waals surface area contributed by atoms with Gasteiger partial charge in [-0.1, -0.05) is 35.9 Å². The standard InChI is InChI=1S/C20H27ClN2/c1-16-7-8-18(15-20(16)21)6-4-14-23-13-3-5-17-9-11-19(22-2)12-10-17/h7-12,15,22-23H,3-6,13-14H2,1-2H3. The molecule has 23 heavy (non-hydrogen) atoms. The Kier molecular flexibility index (Phi) is 7.44. The van der Waals surface area contributed by atoms with Gasteiger partial charge in [-0.2, -0.15) is 0 Å². The summed E-state index contributed by atoms with van der Waals surface area (Å²) in [5.41, 5.74) is 5.05. The third-order valence-electron chi connectivity index (χ3n) is 4.12. The highest BCUT2D eigenvalue weighted by atomic mass is 35.5. The van der Waals surface area contributed by atoms with Crippen molar-refractivity contribution in [1.82, 2.24) is 5.32 Å². The van der Waals surface area contributed by atoms with Crippen molar-refractivity contribution in [2.45, 2.75) is 32.6 Å². The second-order valence-corrected chi connectivity index (χ2v) is 6.39. The monoisotopic (exact) mass is 330 g/mol. The van der Waals surface area contributed by atoms with E-state index in [4.69, 9.17) is 11.6 Å². The van der Waals surface area contributed by atoms with Gasteiger partial charge in [0, 0.05) is 17.8 Å². The molecule has 0 fully saturated rings. The molecule has 2 N–H and O–H groups in total. The molecule has 0 heterocycles. The van der Waals surface area contributed by atoms with E-state index < -0.39 is 0 Å². The van der Waals surface area contributed by atoms with E-state index in [0.717, 1.165) is 42.9 Å². The Morgan fingerprint density at radius 1 is 0.870 bits per heavy atom. The first-order valence-corrected chi connectivity index (χ1v) is 8.79. The number of hydrogen-bond donors (Lipinski definition) is 2. The normalized spacial score (nSPS) is 10.7. The highest BCUT2D eigenvalue weighted by Gasteiger charge is 1.98. The fraction of sp³-hybridized carbons (Fsp3) is 0.400. The first-order chi connectivity index (χ1) is 11.2. The molecule has 0 aliphatic rings. The summed E-state index contributed by atoms with van der Waals surface area (Å²) in [6.07, 6.45) is 4.54. The van der Waals surface area contributed by atoms with E-state index in [1.165, 1.54) is 23.2 Å². The number of aryl methyl sites for hydroxylation is 3. The lowest BCUT2D eigenvalue weighted by Gasteiger charge is -2.07. The first kappa shape index (κ1) is 17.8. The number of anilines is 1. The molecule has 0 spiro atoms. The molecule has 0 unspecified atom stereocenters. The number of nitrogens with one attached hydrogen (secondary N) is 2. The summed E-state index contributed by atoms with van der Waals surface area (Å²) in [6, 6.07) is 15.0. The fourth-order valence-electron chi connectivity index (χ4n) is 2.59. The van der Waals surface area contributed by atoms with E-state index in [0.29, 0.717) is 0 Å². The molecule has 3 heteroatoms. The Balaban J connectivity index is 1.56. The highest BCUT2D eigenvalue weighted by molar-refractivity contribution is 6.31. The van der Waals surface area contributed by atoms with E-state index in [-0.39, 0.29) is 0 Å². The Hall–Kier alpha value is -1.51. The van der Waals surface area contributed by atoms with Crippen molar-refractivity contribution >= 4 is 17.3 Å². The van der Waals surface area contributed by atoms with Gasteiger partial charge in [-0.25, -0.2) is 0 Å². The van der Waals surface area contributed by atoms with Crippen LogP contribution in [-0.4, -0.2) is 20.1 Å². The second-order valence-electron chi connectivity index (χ2n) is 5.99. The van der Waals surface area contributed by atoms with E-state index in [2.05, 4.69) is 53.1 Å². The van der Waals surface area contributed by atoms with Crippen molar-refractivity contribution in [1.29, 1.82) is 0 Å². The molecule has 0 saturated heterocycles. The number of hydrogen-bond acceptors (Lipinski definition) is 2. The van der Waals surface area contributed by atoms with Crippen molar-refractivity contribution in [3.63, 3.8) is 0 Å². The topological polar surface area (TPSA) is 24.1 Å². The molecule has 2 rings (SSSR count). The maximum Gasteiger partial charge on any atom is 0.0437 e. The lowest BCUT2D eigenvalue weighted by Crippen LogP contribution is -2.17. The summed E-state index contributed by atoms with van der Waals surface area (Å²) in [7, 11) is 1.95. The Labute approximate surface area is 145 Å². The van der Waals surface area contributed by atoms with Crippen LogP contribution in [0.2, 0.25) is 5.02 Å². The zero-order valence-electron chi connectivity index (χ0n) is 14.2. The maximum absolute atomic E-state index is 6.15. The van der Waals surface area contributed by atoms with Crippen LogP contribution in [0.3, 0.4) is 0 Å². The summed E-state index contributed by atoms with van der Waals surface area (Å²) in [5, 5.41) is 7.55. The van der Waals surface area contributed by atoms with E-state index in [9.17, 15) is 0 Å². The van der Waals surface area contributed by atoms with Crippen LogP contribution in [0.5, 0.6) is 0 Å². The van der Waals surface area contributed by atoms with Gasteiger partial charge in [-0.05, 0) is 80.6 Å². The van der Waals surface area contributed by atoms with Gasteiger partial charge in [0.15, 0.2) is 0 Å². The first-order valence-electron chi connectivity index (χ1n) is 8.41. The van der Waals surface area contributed by atoms with Crippen LogP contribution in [0.15, 0.2) is 42.5 Å². The molecule has 0 bridgehead atoms. The van der Waals surface area contributed by atoms with Crippen LogP contribution in [0.4, 0.5) is 5.69 Å². The molecule has 0 radical (unpaired) electrons. The summed E-state index contributed by atoms with van der Waals surface area (Å²) in [5.74, 6) is 0. The Bertz CT molecular complexity index is 593. The highest BCUT2D eigenvalue weighted by Crippen LogP contribution is 2.17. The molecule has 0 atom stereocenters. The van der Waals surface area contributed by atoms with E-state index >= 15 is 0 Å². The van der Waals surface area contributed by atoms with Crippen molar-refractivity contribution in [2.24, 2.45) is 0 Å². The van der Waals surface area contributed by atoms with Crippen LogP contribution >= 0.6 is 11.6 Å². The van der Waals surface area contributed by atoms with Crippen LogP contribution in [0.25, 0.3) is 0 Å². The number of halogens is 1. The Morgan fingerprint density at radius 2 is 1.48 bits per heavy atom. The summed E-state index contributed by atoms with van der Waals surface area (Å²) >= 11 is 6.15. The van der Waals surface area contributed by atoms with Gasteiger partial charge in [-0.15, -0.1) is 0 Å². The van der Waals surface area contributed by atoms with Crippen LogP contribution in [-0.2, 0) is 12.8 Å². The van der Waals surface area contributed by atoms with E-state index in [1.54, 1.807) is 0 Å². The van der Waals surface area contributed by atoms with Gasteiger partial charge >= 0.3 is 0 Å². The molecule has 124 valence electrons. The van der Waals surface area contributed by atoms with Gasteiger partial charge in [0.1, 0.15) is 0 Å². The summed E-state index contributed by atoms with van der Waals surface area (Å²) in [4.78, 5) is 0. The molecular formula is C20H27ClN2. The SMILES string of the molecule is CNc1ccc(CCCNCCCc2ccc(C)c(Cl)c2)cc1. The molecule has 0 aliphatic heterocycles.